The second kappa shape index (κ2) is 9.14. The van der Waals surface area contributed by atoms with Crippen LogP contribution in [-0.2, 0) is 4.79 Å². The molecule has 0 aliphatic rings. The third-order valence-electron chi connectivity index (χ3n) is 1.50. The van der Waals surface area contributed by atoms with Crippen LogP contribution in [0.3, 0.4) is 0 Å². The number of allylic oxidation sites excluding steroid dienone is 1. The molecule has 0 amide bonds. The van der Waals surface area contributed by atoms with Crippen molar-refractivity contribution in [2.75, 3.05) is 14.2 Å². The van der Waals surface area contributed by atoms with Crippen LogP contribution in [0.4, 0.5) is 0 Å². The van der Waals surface area contributed by atoms with Gasteiger partial charge in [0.2, 0.25) is 5.88 Å². The Morgan fingerprint density at radius 3 is 2.59 bits per heavy atom. The minimum Gasteiger partial charge on any atom is -0.481 e. The van der Waals surface area contributed by atoms with Gasteiger partial charge in [0.15, 0.2) is 0 Å². The number of carboxylic acid groups (broad SMARTS) is 1. The predicted octanol–water partition coefficient (Wildman–Crippen LogP) is 1.53. The van der Waals surface area contributed by atoms with Gasteiger partial charge in [-0.25, -0.2) is 9.78 Å². The molecule has 1 heterocycles. The molecule has 0 saturated carbocycles. The van der Waals surface area contributed by atoms with E-state index in [1.165, 1.54) is 7.11 Å². The average molecular weight is 240 g/mol. The lowest BCUT2D eigenvalue weighted by Crippen LogP contribution is -1.93. The highest BCUT2D eigenvalue weighted by molar-refractivity contribution is 5.79. The summed E-state index contributed by atoms with van der Waals surface area (Å²) in [6.07, 6.45) is 5.10. The molecule has 1 N–H and O–H groups in total. The molecule has 0 unspecified atom stereocenters. The molecular weight excluding hydrogens is 224 g/mol. The first kappa shape index (κ1) is 14.9. The van der Waals surface area contributed by atoms with Crippen molar-refractivity contribution in [3.63, 3.8) is 0 Å². The van der Waals surface area contributed by atoms with Crippen molar-refractivity contribution in [1.82, 2.24) is 9.97 Å². The third-order valence-corrected chi connectivity index (χ3v) is 1.50. The smallest absolute Gasteiger partial charge is 0.327 e. The topological polar surface area (TPSA) is 81.5 Å². The first-order chi connectivity index (χ1) is 8.13. The standard InChI is InChI=1S/C6H8N2O2.C5H8O2/c1-9-5-3-4-7-6(8-5)10-2;1-2-3-4-5(6)7/h3-4H,1-2H3;3-4H,2H2,1H3,(H,6,7)/b;4-3+. The molecule has 0 saturated heterocycles. The van der Waals surface area contributed by atoms with Crippen molar-refractivity contribution < 1.29 is 19.4 Å². The van der Waals surface area contributed by atoms with E-state index in [0.29, 0.717) is 11.9 Å². The van der Waals surface area contributed by atoms with Crippen molar-refractivity contribution in [2.45, 2.75) is 13.3 Å². The lowest BCUT2D eigenvalue weighted by Gasteiger charge is -1.98. The fourth-order valence-corrected chi connectivity index (χ4v) is 0.756. The van der Waals surface area contributed by atoms with Gasteiger partial charge < -0.3 is 14.6 Å². The first-order valence-electron chi connectivity index (χ1n) is 4.94. The van der Waals surface area contributed by atoms with E-state index in [2.05, 4.69) is 9.97 Å². The highest BCUT2D eigenvalue weighted by atomic mass is 16.5. The van der Waals surface area contributed by atoms with Crippen LogP contribution in [-0.4, -0.2) is 35.3 Å². The maximum atomic E-state index is 9.67. The maximum Gasteiger partial charge on any atom is 0.327 e. The molecule has 1 aromatic rings. The van der Waals surface area contributed by atoms with Crippen LogP contribution in [0.25, 0.3) is 0 Å². The zero-order valence-electron chi connectivity index (χ0n) is 10.1. The molecule has 17 heavy (non-hydrogen) atoms. The van der Waals surface area contributed by atoms with Crippen LogP contribution in [0.1, 0.15) is 13.3 Å². The lowest BCUT2D eigenvalue weighted by molar-refractivity contribution is -0.131. The van der Waals surface area contributed by atoms with Gasteiger partial charge >= 0.3 is 12.0 Å². The molecule has 0 atom stereocenters. The molecule has 0 spiro atoms. The maximum absolute atomic E-state index is 9.67. The summed E-state index contributed by atoms with van der Waals surface area (Å²) in [5.41, 5.74) is 0. The van der Waals surface area contributed by atoms with Crippen LogP contribution in [0, 0.1) is 0 Å². The van der Waals surface area contributed by atoms with E-state index in [1.807, 2.05) is 6.92 Å². The second-order valence-electron chi connectivity index (χ2n) is 2.73. The summed E-state index contributed by atoms with van der Waals surface area (Å²) in [4.78, 5) is 17.3. The molecule has 0 aromatic carbocycles. The Labute approximate surface area is 99.9 Å². The molecule has 0 fully saturated rings. The Morgan fingerprint density at radius 1 is 1.47 bits per heavy atom. The van der Waals surface area contributed by atoms with Gasteiger partial charge in [-0.05, 0) is 6.42 Å². The van der Waals surface area contributed by atoms with E-state index in [0.717, 1.165) is 12.5 Å². The van der Waals surface area contributed by atoms with Gasteiger partial charge in [0.1, 0.15) is 0 Å². The van der Waals surface area contributed by atoms with Crippen LogP contribution >= 0.6 is 0 Å². The monoisotopic (exact) mass is 240 g/mol. The molecule has 0 radical (unpaired) electrons. The number of methoxy groups -OCH3 is 2. The van der Waals surface area contributed by atoms with Gasteiger partial charge in [-0.2, -0.15) is 4.98 Å². The fraction of sp³-hybridized carbons (Fsp3) is 0.364. The van der Waals surface area contributed by atoms with Crippen molar-refractivity contribution >= 4 is 5.97 Å². The largest absolute Gasteiger partial charge is 0.481 e. The summed E-state index contributed by atoms with van der Waals surface area (Å²) in [6, 6.07) is 1.97. The second-order valence-corrected chi connectivity index (χ2v) is 2.73. The number of rotatable bonds is 4. The highest BCUT2D eigenvalue weighted by Gasteiger charge is 1.95. The lowest BCUT2D eigenvalue weighted by atomic mass is 10.4. The van der Waals surface area contributed by atoms with Gasteiger partial charge in [-0.3, -0.25) is 0 Å². The Kier molecular flexibility index (Phi) is 8.01. The quantitative estimate of drug-likeness (QED) is 0.804. The number of hydrogen-bond acceptors (Lipinski definition) is 5. The summed E-state index contributed by atoms with van der Waals surface area (Å²) < 4.78 is 9.58. The molecular formula is C11H16N2O4. The van der Waals surface area contributed by atoms with Crippen LogP contribution < -0.4 is 9.47 Å². The van der Waals surface area contributed by atoms with Crippen molar-refractivity contribution in [3.05, 3.63) is 24.4 Å². The highest BCUT2D eigenvalue weighted by Crippen LogP contribution is 2.07. The summed E-state index contributed by atoms with van der Waals surface area (Å²) in [5.74, 6) is -0.367. The molecule has 94 valence electrons. The average Bonchev–Trinajstić information content (AvgIpc) is 2.37. The van der Waals surface area contributed by atoms with E-state index in [9.17, 15) is 4.79 Å². The summed E-state index contributed by atoms with van der Waals surface area (Å²) in [5, 5.41) is 7.96. The fourth-order valence-electron chi connectivity index (χ4n) is 0.756. The Morgan fingerprint density at radius 2 is 2.18 bits per heavy atom. The van der Waals surface area contributed by atoms with Gasteiger partial charge in [-0.1, -0.05) is 13.0 Å². The Hall–Kier alpha value is -2.11. The molecule has 6 nitrogen and oxygen atoms in total. The van der Waals surface area contributed by atoms with Crippen molar-refractivity contribution in [2.24, 2.45) is 0 Å². The van der Waals surface area contributed by atoms with Crippen LogP contribution in [0.15, 0.2) is 24.4 Å². The number of carbonyl (C=O) groups is 1. The number of ether oxygens (including phenoxy) is 2. The number of aromatic nitrogens is 2. The van der Waals surface area contributed by atoms with Crippen LogP contribution in [0.2, 0.25) is 0 Å². The van der Waals surface area contributed by atoms with Gasteiger partial charge in [0.05, 0.1) is 14.2 Å². The number of aliphatic carboxylic acids is 1. The minimum atomic E-state index is -0.873. The summed E-state index contributed by atoms with van der Waals surface area (Å²) in [7, 11) is 3.05. The SMILES string of the molecule is CC/C=C/C(=O)O.COc1ccnc(OC)n1. The normalized spacial score (nSPS) is 9.35. The number of hydrogen-bond donors (Lipinski definition) is 1. The summed E-state index contributed by atoms with van der Waals surface area (Å²) >= 11 is 0. The number of carboxylic acids is 1. The third kappa shape index (κ3) is 7.78. The first-order valence-corrected chi connectivity index (χ1v) is 4.94. The van der Waals surface area contributed by atoms with Gasteiger partial charge in [0.25, 0.3) is 0 Å². The van der Waals surface area contributed by atoms with Gasteiger partial charge in [0, 0.05) is 18.3 Å². The van der Waals surface area contributed by atoms with E-state index >= 15 is 0 Å². The van der Waals surface area contributed by atoms with Crippen molar-refractivity contribution in [1.29, 1.82) is 0 Å². The van der Waals surface area contributed by atoms with Crippen molar-refractivity contribution in [3.8, 4) is 11.9 Å². The Bertz CT molecular complexity index is 347. The zero-order chi connectivity index (χ0) is 13.1. The van der Waals surface area contributed by atoms with E-state index < -0.39 is 5.97 Å². The van der Waals surface area contributed by atoms with Crippen LogP contribution in [0.5, 0.6) is 11.9 Å². The zero-order valence-corrected chi connectivity index (χ0v) is 10.1. The molecule has 1 rings (SSSR count). The summed E-state index contributed by atoms with van der Waals surface area (Å²) in [6.45, 7) is 1.89. The molecule has 0 bridgehead atoms. The molecule has 0 aliphatic heterocycles. The molecule has 0 aliphatic carbocycles. The number of nitrogens with zero attached hydrogens (tertiary/aromatic N) is 2. The molecule has 1 aromatic heterocycles. The van der Waals surface area contributed by atoms with E-state index in [4.69, 9.17) is 14.6 Å². The van der Waals surface area contributed by atoms with E-state index in [-0.39, 0.29) is 0 Å². The van der Waals surface area contributed by atoms with E-state index in [1.54, 1.807) is 25.4 Å². The minimum absolute atomic E-state index is 0.319. The predicted molar refractivity (Wildman–Crippen MR) is 62.2 cm³/mol. The molecule has 6 heteroatoms. The van der Waals surface area contributed by atoms with Gasteiger partial charge in [-0.15, -0.1) is 0 Å². The Balaban J connectivity index is 0.000000325.